The third-order valence-corrected chi connectivity index (χ3v) is 3.01. The van der Waals surface area contributed by atoms with Gasteiger partial charge in [0.05, 0.1) is 0 Å². The first kappa shape index (κ1) is 10.9. The quantitative estimate of drug-likeness (QED) is 0.915. The number of halogens is 1. The molecule has 4 heteroatoms. The van der Waals surface area contributed by atoms with Crippen molar-refractivity contribution in [2.75, 3.05) is 13.2 Å². The van der Waals surface area contributed by atoms with E-state index in [1.807, 2.05) is 13.0 Å². The molecule has 2 heterocycles. The molecule has 82 valence electrons. The number of hydrogen-bond acceptors (Lipinski definition) is 3. The first-order valence-electron chi connectivity index (χ1n) is 5.24. The number of rotatable bonds is 3. The predicted octanol–water partition coefficient (Wildman–Crippen LogP) is 2.28. The lowest BCUT2D eigenvalue weighted by Crippen LogP contribution is -2.28. The number of hydrogen-bond donors (Lipinski definition) is 1. The van der Waals surface area contributed by atoms with Crippen LogP contribution in [0.2, 0.25) is 0 Å². The maximum atomic E-state index is 5.68. The topological polar surface area (TPSA) is 34.1 Å². The molecule has 0 spiro atoms. The molecule has 0 saturated carbocycles. The second kappa shape index (κ2) is 4.94. The Labute approximate surface area is 98.4 Å². The maximum Gasteiger partial charge on any atom is 0.216 e. The summed E-state index contributed by atoms with van der Waals surface area (Å²) in [5.74, 6) is 0.743. The van der Waals surface area contributed by atoms with Gasteiger partial charge in [0, 0.05) is 22.3 Å². The first-order chi connectivity index (χ1) is 7.25. The van der Waals surface area contributed by atoms with Crippen LogP contribution in [0.4, 0.5) is 0 Å². The van der Waals surface area contributed by atoms with Crippen LogP contribution in [0, 0.1) is 6.92 Å². The van der Waals surface area contributed by atoms with E-state index in [0.717, 1.165) is 29.1 Å². The second-order valence-corrected chi connectivity index (χ2v) is 4.80. The number of aryl methyl sites for hydroxylation is 1. The Bertz CT molecular complexity index is 337. The third kappa shape index (κ3) is 2.92. The highest BCUT2D eigenvalue weighted by Gasteiger charge is 2.15. The lowest BCUT2D eigenvalue weighted by molar-refractivity contribution is 0.266. The van der Waals surface area contributed by atoms with Crippen molar-refractivity contribution in [2.24, 2.45) is 0 Å². The van der Waals surface area contributed by atoms with Crippen LogP contribution < -0.4 is 10.1 Å². The number of ether oxygens (including phenoxy) is 1. The van der Waals surface area contributed by atoms with E-state index in [4.69, 9.17) is 4.74 Å². The molecule has 15 heavy (non-hydrogen) atoms. The molecule has 1 saturated heterocycles. The van der Waals surface area contributed by atoms with Crippen LogP contribution in [0.15, 0.2) is 16.7 Å². The van der Waals surface area contributed by atoms with Crippen LogP contribution in [-0.2, 0) is 0 Å². The molecular formula is C11H15BrN2O. The fourth-order valence-electron chi connectivity index (χ4n) is 1.76. The van der Waals surface area contributed by atoms with Crippen molar-refractivity contribution in [1.29, 1.82) is 0 Å². The molecule has 1 aromatic rings. The molecule has 0 aliphatic carbocycles. The highest BCUT2D eigenvalue weighted by Crippen LogP contribution is 2.19. The first-order valence-corrected chi connectivity index (χ1v) is 6.03. The normalized spacial score (nSPS) is 20.5. The van der Waals surface area contributed by atoms with Gasteiger partial charge in [-0.3, -0.25) is 0 Å². The predicted molar refractivity (Wildman–Crippen MR) is 63.2 cm³/mol. The van der Waals surface area contributed by atoms with Gasteiger partial charge >= 0.3 is 0 Å². The van der Waals surface area contributed by atoms with E-state index < -0.39 is 0 Å². The summed E-state index contributed by atoms with van der Waals surface area (Å²) in [6.45, 7) is 3.84. The molecule has 0 amide bonds. The van der Waals surface area contributed by atoms with Gasteiger partial charge in [-0.2, -0.15) is 0 Å². The number of pyridine rings is 1. The minimum absolute atomic E-state index is 0.495. The lowest BCUT2D eigenvalue weighted by Gasteiger charge is -2.12. The molecule has 0 radical (unpaired) electrons. The molecule has 0 bridgehead atoms. The number of aromatic nitrogens is 1. The summed E-state index contributed by atoms with van der Waals surface area (Å²) in [6.07, 6.45) is 4.22. The van der Waals surface area contributed by atoms with E-state index in [9.17, 15) is 0 Å². The highest BCUT2D eigenvalue weighted by atomic mass is 79.9. The Kier molecular flexibility index (Phi) is 3.59. The van der Waals surface area contributed by atoms with Crippen molar-refractivity contribution in [3.05, 3.63) is 22.3 Å². The summed E-state index contributed by atoms with van der Waals surface area (Å²) < 4.78 is 6.67. The average Bonchev–Trinajstić information content (AvgIpc) is 2.69. The molecule has 1 aromatic heterocycles. The van der Waals surface area contributed by atoms with Gasteiger partial charge in [-0.25, -0.2) is 4.98 Å². The smallest absolute Gasteiger partial charge is 0.216 e. The van der Waals surface area contributed by atoms with Crippen molar-refractivity contribution in [2.45, 2.75) is 25.8 Å². The van der Waals surface area contributed by atoms with Gasteiger partial charge in [0.15, 0.2) is 0 Å². The summed E-state index contributed by atoms with van der Waals surface area (Å²) in [5.41, 5.74) is 1.07. The van der Waals surface area contributed by atoms with E-state index in [-0.39, 0.29) is 0 Å². The SMILES string of the molecule is Cc1cc(Br)cnc1OCC1CCCN1. The van der Waals surface area contributed by atoms with Crippen LogP contribution in [0.1, 0.15) is 18.4 Å². The molecular weight excluding hydrogens is 256 g/mol. The molecule has 1 aliphatic rings. The third-order valence-electron chi connectivity index (χ3n) is 2.58. The van der Waals surface area contributed by atoms with E-state index in [2.05, 4.69) is 26.2 Å². The van der Waals surface area contributed by atoms with Crippen LogP contribution >= 0.6 is 15.9 Å². The van der Waals surface area contributed by atoms with Crippen LogP contribution in [0.25, 0.3) is 0 Å². The fourth-order valence-corrected chi connectivity index (χ4v) is 2.20. The van der Waals surface area contributed by atoms with Crippen molar-refractivity contribution < 1.29 is 4.74 Å². The lowest BCUT2D eigenvalue weighted by atomic mass is 10.2. The molecule has 0 aromatic carbocycles. The van der Waals surface area contributed by atoms with Crippen molar-refractivity contribution in [3.63, 3.8) is 0 Å². The summed E-state index contributed by atoms with van der Waals surface area (Å²) in [5, 5.41) is 3.40. The molecule has 1 atom stereocenters. The summed E-state index contributed by atoms with van der Waals surface area (Å²) in [7, 11) is 0. The van der Waals surface area contributed by atoms with E-state index in [0.29, 0.717) is 6.04 Å². The zero-order valence-electron chi connectivity index (χ0n) is 8.79. The second-order valence-electron chi connectivity index (χ2n) is 3.88. The van der Waals surface area contributed by atoms with Gasteiger partial charge in [-0.1, -0.05) is 0 Å². The Morgan fingerprint density at radius 1 is 1.67 bits per heavy atom. The minimum Gasteiger partial charge on any atom is -0.476 e. The van der Waals surface area contributed by atoms with Crippen molar-refractivity contribution in [3.8, 4) is 5.88 Å². The molecule has 1 N–H and O–H groups in total. The Morgan fingerprint density at radius 2 is 2.53 bits per heavy atom. The monoisotopic (exact) mass is 270 g/mol. The zero-order valence-corrected chi connectivity index (χ0v) is 10.4. The van der Waals surface area contributed by atoms with Gasteiger partial charge in [-0.05, 0) is 48.3 Å². The Morgan fingerprint density at radius 3 is 3.20 bits per heavy atom. The fraction of sp³-hybridized carbons (Fsp3) is 0.545. The maximum absolute atomic E-state index is 5.68. The highest BCUT2D eigenvalue weighted by molar-refractivity contribution is 9.10. The van der Waals surface area contributed by atoms with E-state index in [1.54, 1.807) is 6.20 Å². The summed E-state index contributed by atoms with van der Waals surface area (Å²) in [6, 6.07) is 2.51. The number of nitrogens with one attached hydrogen (secondary N) is 1. The zero-order chi connectivity index (χ0) is 10.7. The van der Waals surface area contributed by atoms with Crippen molar-refractivity contribution >= 4 is 15.9 Å². The van der Waals surface area contributed by atoms with Gasteiger partial charge < -0.3 is 10.1 Å². The molecule has 1 unspecified atom stereocenters. The Hall–Kier alpha value is -0.610. The standard InChI is InChI=1S/C11H15BrN2O/c1-8-5-9(12)6-14-11(8)15-7-10-3-2-4-13-10/h5-6,10,13H,2-4,7H2,1H3. The van der Waals surface area contributed by atoms with E-state index in [1.165, 1.54) is 12.8 Å². The van der Waals surface area contributed by atoms with Gasteiger partial charge in [0.25, 0.3) is 0 Å². The molecule has 1 aliphatic heterocycles. The average molecular weight is 271 g/mol. The van der Waals surface area contributed by atoms with Crippen LogP contribution in [0.5, 0.6) is 5.88 Å². The van der Waals surface area contributed by atoms with Gasteiger partial charge in [0.1, 0.15) is 6.61 Å². The van der Waals surface area contributed by atoms with E-state index >= 15 is 0 Å². The minimum atomic E-state index is 0.495. The molecule has 2 rings (SSSR count). The van der Waals surface area contributed by atoms with Crippen LogP contribution in [0.3, 0.4) is 0 Å². The van der Waals surface area contributed by atoms with Gasteiger partial charge in [-0.15, -0.1) is 0 Å². The molecule has 1 fully saturated rings. The molecule has 3 nitrogen and oxygen atoms in total. The van der Waals surface area contributed by atoms with Gasteiger partial charge in [0.2, 0.25) is 5.88 Å². The number of nitrogens with zero attached hydrogens (tertiary/aromatic N) is 1. The largest absolute Gasteiger partial charge is 0.476 e. The summed E-state index contributed by atoms with van der Waals surface area (Å²) >= 11 is 3.38. The van der Waals surface area contributed by atoms with Crippen molar-refractivity contribution in [1.82, 2.24) is 10.3 Å². The summed E-state index contributed by atoms with van der Waals surface area (Å²) in [4.78, 5) is 4.24. The van der Waals surface area contributed by atoms with Crippen LogP contribution in [-0.4, -0.2) is 24.2 Å². The Balaban J connectivity index is 1.92.